The third-order valence-electron chi connectivity index (χ3n) is 3.63. The second-order valence-corrected chi connectivity index (χ2v) is 6.48. The highest BCUT2D eigenvalue weighted by molar-refractivity contribution is 5.81. The number of aromatic nitrogens is 3. The number of halogens is 3. The minimum absolute atomic E-state index is 0.191. The van der Waals surface area contributed by atoms with Crippen LogP contribution in [-0.2, 0) is 18.6 Å². The van der Waals surface area contributed by atoms with E-state index in [-0.39, 0.29) is 10.9 Å². The Hall–Kier alpha value is -2.31. The molecule has 7 heteroatoms. The van der Waals surface area contributed by atoms with Gasteiger partial charge in [0.15, 0.2) is 0 Å². The fraction of sp³-hybridized carbons (Fsp3) is 0.375. The predicted molar refractivity (Wildman–Crippen MR) is 79.9 cm³/mol. The Morgan fingerprint density at radius 2 is 1.83 bits per heavy atom. The molecule has 0 aliphatic heterocycles. The summed E-state index contributed by atoms with van der Waals surface area (Å²) in [6.45, 7) is 5.98. The molecule has 0 saturated carbocycles. The zero-order valence-corrected chi connectivity index (χ0v) is 13.2. The summed E-state index contributed by atoms with van der Waals surface area (Å²) in [6, 6.07) is 4.83. The zero-order valence-electron chi connectivity index (χ0n) is 13.2. The standard InChI is InChI=1S/C16H16F3N3O/c1-15(2,3)12-8-20-13(23-12)9-5-6-11-10(7-9)21-14(22(11)4)16(17,18)19/h5-8H,1-4H3. The molecule has 0 bridgehead atoms. The van der Waals surface area contributed by atoms with Crippen LogP contribution in [0, 0.1) is 0 Å². The maximum absolute atomic E-state index is 12.9. The predicted octanol–water partition coefficient (Wildman–Crippen LogP) is 4.54. The third kappa shape index (κ3) is 2.71. The molecule has 0 aliphatic rings. The van der Waals surface area contributed by atoms with Crippen molar-refractivity contribution in [1.29, 1.82) is 0 Å². The maximum atomic E-state index is 12.9. The first-order chi connectivity index (χ1) is 10.6. The Bertz CT molecular complexity index is 869. The van der Waals surface area contributed by atoms with Crippen LogP contribution < -0.4 is 0 Å². The molecule has 0 amide bonds. The van der Waals surface area contributed by atoms with Gasteiger partial charge in [-0.1, -0.05) is 20.8 Å². The van der Waals surface area contributed by atoms with Crippen LogP contribution >= 0.6 is 0 Å². The van der Waals surface area contributed by atoms with E-state index in [4.69, 9.17) is 4.42 Å². The van der Waals surface area contributed by atoms with Crippen LogP contribution in [0.5, 0.6) is 0 Å². The van der Waals surface area contributed by atoms with Crippen LogP contribution in [0.3, 0.4) is 0 Å². The highest BCUT2D eigenvalue weighted by Gasteiger charge is 2.36. The topological polar surface area (TPSA) is 43.9 Å². The summed E-state index contributed by atoms with van der Waals surface area (Å²) in [6.07, 6.45) is -2.85. The summed E-state index contributed by atoms with van der Waals surface area (Å²) in [5.41, 5.74) is 1.07. The van der Waals surface area contributed by atoms with Crippen molar-refractivity contribution in [1.82, 2.24) is 14.5 Å². The lowest BCUT2D eigenvalue weighted by molar-refractivity contribution is -0.146. The second-order valence-electron chi connectivity index (χ2n) is 6.48. The summed E-state index contributed by atoms with van der Waals surface area (Å²) >= 11 is 0. The first-order valence-electron chi connectivity index (χ1n) is 7.08. The molecule has 0 radical (unpaired) electrons. The fourth-order valence-electron chi connectivity index (χ4n) is 2.34. The van der Waals surface area contributed by atoms with Crippen molar-refractivity contribution < 1.29 is 17.6 Å². The Morgan fingerprint density at radius 3 is 2.39 bits per heavy atom. The van der Waals surface area contributed by atoms with Crippen molar-refractivity contribution in [2.45, 2.75) is 32.4 Å². The summed E-state index contributed by atoms with van der Waals surface area (Å²) in [5.74, 6) is 0.160. The van der Waals surface area contributed by atoms with Gasteiger partial charge in [0.1, 0.15) is 5.76 Å². The van der Waals surface area contributed by atoms with Crippen molar-refractivity contribution in [2.75, 3.05) is 0 Å². The van der Waals surface area contributed by atoms with Gasteiger partial charge in [-0.05, 0) is 18.2 Å². The van der Waals surface area contributed by atoms with Crippen molar-refractivity contribution >= 4 is 11.0 Å². The first kappa shape index (κ1) is 15.6. The molecule has 1 aromatic carbocycles. The highest BCUT2D eigenvalue weighted by Crippen LogP contribution is 2.33. The Labute approximate surface area is 131 Å². The van der Waals surface area contributed by atoms with Crippen molar-refractivity contribution in [3.05, 3.63) is 36.0 Å². The summed E-state index contributed by atoms with van der Waals surface area (Å²) in [4.78, 5) is 7.91. The van der Waals surface area contributed by atoms with Crippen LogP contribution in [0.2, 0.25) is 0 Å². The molecule has 0 spiro atoms. The molecule has 0 aliphatic carbocycles. The second kappa shape index (κ2) is 4.84. The molecule has 0 unspecified atom stereocenters. The quantitative estimate of drug-likeness (QED) is 0.660. The molecule has 4 nitrogen and oxygen atoms in total. The Kier molecular flexibility index (Phi) is 3.28. The van der Waals surface area contributed by atoms with E-state index in [1.165, 1.54) is 7.05 Å². The van der Waals surface area contributed by atoms with Crippen LogP contribution in [-0.4, -0.2) is 14.5 Å². The fourth-order valence-corrected chi connectivity index (χ4v) is 2.34. The van der Waals surface area contributed by atoms with E-state index in [0.29, 0.717) is 22.7 Å². The molecule has 0 fully saturated rings. The number of hydrogen-bond donors (Lipinski definition) is 0. The average Bonchev–Trinajstić information content (AvgIpc) is 3.02. The molecule has 2 aromatic heterocycles. The van der Waals surface area contributed by atoms with Crippen LogP contribution in [0.4, 0.5) is 13.2 Å². The minimum atomic E-state index is -4.49. The van der Waals surface area contributed by atoms with E-state index in [2.05, 4.69) is 9.97 Å². The molecule has 0 saturated heterocycles. The van der Waals surface area contributed by atoms with Crippen molar-refractivity contribution in [3.63, 3.8) is 0 Å². The molecule has 23 heavy (non-hydrogen) atoms. The van der Waals surface area contributed by atoms with Gasteiger partial charge in [0, 0.05) is 18.0 Å². The van der Waals surface area contributed by atoms with E-state index < -0.39 is 12.0 Å². The van der Waals surface area contributed by atoms with E-state index in [1.54, 1.807) is 24.4 Å². The van der Waals surface area contributed by atoms with Gasteiger partial charge in [0.2, 0.25) is 11.7 Å². The van der Waals surface area contributed by atoms with Gasteiger partial charge < -0.3 is 8.98 Å². The lowest BCUT2D eigenvalue weighted by atomic mass is 9.94. The molecular formula is C16H16F3N3O. The average molecular weight is 323 g/mol. The third-order valence-corrected chi connectivity index (χ3v) is 3.63. The van der Waals surface area contributed by atoms with Crippen molar-refractivity contribution in [3.8, 4) is 11.5 Å². The maximum Gasteiger partial charge on any atom is 0.449 e. The molecule has 0 atom stereocenters. The number of oxazole rings is 1. The van der Waals surface area contributed by atoms with E-state index in [0.717, 1.165) is 4.57 Å². The normalized spacial score (nSPS) is 13.0. The molecule has 2 heterocycles. The lowest BCUT2D eigenvalue weighted by Crippen LogP contribution is -2.12. The Balaban J connectivity index is 2.09. The van der Waals surface area contributed by atoms with E-state index in [1.807, 2.05) is 20.8 Å². The molecule has 0 N–H and O–H groups in total. The summed E-state index contributed by atoms with van der Waals surface area (Å²) in [5, 5.41) is 0. The largest absolute Gasteiger partial charge is 0.449 e. The molecule has 3 rings (SSSR count). The smallest absolute Gasteiger partial charge is 0.441 e. The SMILES string of the molecule is Cn1c(C(F)(F)F)nc2cc(-c3ncc(C(C)(C)C)o3)ccc21. The first-order valence-corrected chi connectivity index (χ1v) is 7.08. The minimum Gasteiger partial charge on any atom is -0.441 e. The number of nitrogens with zero attached hydrogens (tertiary/aromatic N) is 3. The number of hydrogen-bond acceptors (Lipinski definition) is 3. The van der Waals surface area contributed by atoms with Gasteiger partial charge in [-0.3, -0.25) is 0 Å². The van der Waals surface area contributed by atoms with E-state index in [9.17, 15) is 13.2 Å². The summed E-state index contributed by atoms with van der Waals surface area (Å²) in [7, 11) is 1.35. The van der Waals surface area contributed by atoms with Gasteiger partial charge >= 0.3 is 6.18 Å². The molecule has 3 aromatic rings. The van der Waals surface area contributed by atoms with Crippen LogP contribution in [0.25, 0.3) is 22.5 Å². The number of benzene rings is 1. The molecular weight excluding hydrogens is 307 g/mol. The van der Waals surface area contributed by atoms with Crippen LogP contribution in [0.1, 0.15) is 32.4 Å². The highest BCUT2D eigenvalue weighted by atomic mass is 19.4. The molecule has 122 valence electrons. The van der Waals surface area contributed by atoms with Gasteiger partial charge in [0.05, 0.1) is 17.2 Å². The Morgan fingerprint density at radius 1 is 1.13 bits per heavy atom. The number of alkyl halides is 3. The number of aryl methyl sites for hydroxylation is 1. The van der Waals surface area contributed by atoms with E-state index >= 15 is 0 Å². The zero-order chi connectivity index (χ0) is 17.0. The van der Waals surface area contributed by atoms with Gasteiger partial charge in [-0.15, -0.1) is 0 Å². The number of rotatable bonds is 1. The van der Waals surface area contributed by atoms with Gasteiger partial charge in [-0.25, -0.2) is 9.97 Å². The number of fused-ring (bicyclic) bond motifs is 1. The van der Waals surface area contributed by atoms with Gasteiger partial charge in [-0.2, -0.15) is 13.2 Å². The summed E-state index contributed by atoms with van der Waals surface area (Å²) < 4.78 is 45.5. The lowest BCUT2D eigenvalue weighted by Gasteiger charge is -2.13. The van der Waals surface area contributed by atoms with Crippen LogP contribution in [0.15, 0.2) is 28.8 Å². The monoisotopic (exact) mass is 323 g/mol. The van der Waals surface area contributed by atoms with Crippen molar-refractivity contribution in [2.24, 2.45) is 7.05 Å². The van der Waals surface area contributed by atoms with Gasteiger partial charge in [0.25, 0.3) is 0 Å². The number of imidazole rings is 1.